The molecule has 1 nitrogen and oxygen atoms in total. The number of rotatable bonds is 7. The number of benzene rings is 1. The minimum Gasteiger partial charge on any atom is -0.282 e. The van der Waals surface area contributed by atoms with Crippen molar-refractivity contribution in [2.75, 3.05) is 5.75 Å². The molecule has 26 heavy (non-hydrogen) atoms. The molecule has 1 rings (SSSR count). The molecule has 0 amide bonds. The third-order valence-corrected chi connectivity index (χ3v) is 4.07. The molecule has 0 heterocycles. The van der Waals surface area contributed by atoms with Crippen molar-refractivity contribution in [1.82, 2.24) is 0 Å². The van der Waals surface area contributed by atoms with Crippen LogP contribution < -0.4 is 0 Å². The van der Waals surface area contributed by atoms with Gasteiger partial charge in [-0.2, -0.15) is 39.5 Å². The van der Waals surface area contributed by atoms with Crippen molar-refractivity contribution in [2.24, 2.45) is 0 Å². The summed E-state index contributed by atoms with van der Waals surface area (Å²) in [5.41, 5.74) is 0.0274. The number of hydrogen-bond donors (Lipinski definition) is 0. The summed E-state index contributed by atoms with van der Waals surface area (Å²) in [4.78, 5) is 11.6. The molecule has 1 aromatic carbocycles. The van der Waals surface area contributed by atoms with Crippen LogP contribution in [0.15, 0.2) is 30.3 Å². The molecule has 0 fully saturated rings. The predicted molar refractivity (Wildman–Crippen MR) is 73.6 cm³/mol. The van der Waals surface area contributed by atoms with E-state index >= 15 is 0 Å². The lowest BCUT2D eigenvalue weighted by molar-refractivity contribution is -0.351. The fourth-order valence-corrected chi connectivity index (χ4v) is 2.50. The first-order valence-corrected chi connectivity index (χ1v) is 7.69. The van der Waals surface area contributed by atoms with E-state index < -0.39 is 47.4 Å². The average molecular weight is 416 g/mol. The van der Waals surface area contributed by atoms with Crippen LogP contribution in [0.2, 0.25) is 0 Å². The maximum absolute atomic E-state index is 13.4. The van der Waals surface area contributed by atoms with Gasteiger partial charge in [0.25, 0.3) is 0 Å². The van der Waals surface area contributed by atoms with Crippen molar-refractivity contribution in [1.29, 1.82) is 0 Å². The van der Waals surface area contributed by atoms with E-state index in [0.717, 1.165) is 0 Å². The van der Waals surface area contributed by atoms with Crippen molar-refractivity contribution < 1.29 is 48.7 Å². The number of hydrogen-bond acceptors (Lipinski definition) is 2. The highest BCUT2D eigenvalue weighted by atomic mass is 32.2. The molecule has 148 valence electrons. The summed E-state index contributed by atoms with van der Waals surface area (Å²) in [5.74, 6) is -19.6. The van der Waals surface area contributed by atoms with Gasteiger partial charge in [-0.25, -0.2) is 4.39 Å². The Morgan fingerprint density at radius 1 is 0.885 bits per heavy atom. The monoisotopic (exact) mass is 416 g/mol. The molecule has 1 unspecified atom stereocenters. The van der Waals surface area contributed by atoms with E-state index in [1.54, 1.807) is 0 Å². The highest BCUT2D eigenvalue weighted by Crippen LogP contribution is 2.50. The van der Waals surface area contributed by atoms with Crippen LogP contribution in [0.1, 0.15) is 16.8 Å². The summed E-state index contributed by atoms with van der Waals surface area (Å²) in [6.45, 7) is 0. The highest BCUT2D eigenvalue weighted by molar-refractivity contribution is 8.14. The molecule has 0 N–H and O–H groups in total. The molecular formula is C14H10F10OS. The van der Waals surface area contributed by atoms with Gasteiger partial charge in [0.15, 0.2) is 0 Å². The quantitative estimate of drug-likeness (QED) is 0.526. The molecule has 0 aliphatic heterocycles. The normalized spacial score (nSPS) is 15.0. The van der Waals surface area contributed by atoms with Crippen LogP contribution in [0.25, 0.3) is 0 Å². The summed E-state index contributed by atoms with van der Waals surface area (Å²) in [7, 11) is 0. The maximum atomic E-state index is 13.4. The Kier molecular flexibility index (Phi) is 6.64. The lowest BCUT2D eigenvalue weighted by atomic mass is 9.99. The Balaban J connectivity index is 2.80. The Bertz CT molecular complexity index is 614. The third-order valence-electron chi connectivity index (χ3n) is 3.16. The van der Waals surface area contributed by atoms with Gasteiger partial charge < -0.3 is 0 Å². The predicted octanol–water partition coefficient (Wildman–Crippen LogP) is 5.76. The Labute approximate surface area is 144 Å². The van der Waals surface area contributed by atoms with Crippen LogP contribution >= 0.6 is 11.8 Å². The molecular weight excluding hydrogens is 406 g/mol. The Hall–Kier alpha value is -1.46. The van der Waals surface area contributed by atoms with Gasteiger partial charge in [-0.1, -0.05) is 42.1 Å². The standard InChI is InChI=1S/C14H10F10OS/c15-10(13(20,21)14(22,23)24)12(18,19)11(16,17)6-7-26-9(25)8-4-2-1-3-5-8/h1-5,10H,6-7H2. The third kappa shape index (κ3) is 4.63. The van der Waals surface area contributed by atoms with Gasteiger partial charge in [0.05, 0.1) is 0 Å². The smallest absolute Gasteiger partial charge is 0.282 e. The fourth-order valence-electron chi connectivity index (χ4n) is 1.65. The van der Waals surface area contributed by atoms with E-state index in [1.807, 2.05) is 0 Å². The summed E-state index contributed by atoms with van der Waals surface area (Å²) in [6, 6.07) is 6.93. The number of alkyl halides is 10. The number of carbonyl (C=O) groups is 1. The van der Waals surface area contributed by atoms with E-state index in [2.05, 4.69) is 0 Å². The van der Waals surface area contributed by atoms with Gasteiger partial charge in [-0.15, -0.1) is 0 Å². The summed E-state index contributed by atoms with van der Waals surface area (Å²) in [6.07, 6.45) is -14.2. The molecule has 0 bridgehead atoms. The molecule has 0 spiro atoms. The van der Waals surface area contributed by atoms with E-state index in [9.17, 15) is 48.7 Å². The first-order chi connectivity index (χ1) is 11.6. The van der Waals surface area contributed by atoms with Crippen molar-refractivity contribution in [2.45, 2.75) is 36.5 Å². The number of carbonyl (C=O) groups excluding carboxylic acids is 1. The van der Waals surface area contributed by atoms with Crippen LogP contribution in [0, 0.1) is 0 Å². The number of thioether (sulfide) groups is 1. The lowest BCUT2D eigenvalue weighted by Gasteiger charge is -2.33. The Morgan fingerprint density at radius 2 is 1.38 bits per heavy atom. The second-order valence-electron chi connectivity index (χ2n) is 5.06. The van der Waals surface area contributed by atoms with Crippen molar-refractivity contribution in [3.63, 3.8) is 0 Å². The summed E-state index contributed by atoms with van der Waals surface area (Å²) >= 11 is 0.113. The van der Waals surface area contributed by atoms with Crippen LogP contribution in [-0.4, -0.2) is 41.0 Å². The van der Waals surface area contributed by atoms with Gasteiger partial charge in [-0.05, 0) is 0 Å². The first-order valence-electron chi connectivity index (χ1n) is 6.71. The van der Waals surface area contributed by atoms with E-state index in [4.69, 9.17) is 0 Å². The molecule has 0 saturated heterocycles. The minimum atomic E-state index is -6.77. The van der Waals surface area contributed by atoms with Crippen LogP contribution in [0.5, 0.6) is 0 Å². The van der Waals surface area contributed by atoms with E-state index in [0.29, 0.717) is 0 Å². The highest BCUT2D eigenvalue weighted by Gasteiger charge is 2.75. The zero-order chi connectivity index (χ0) is 20.4. The fraction of sp³-hybridized carbons (Fsp3) is 0.500. The molecule has 0 aliphatic carbocycles. The van der Waals surface area contributed by atoms with Crippen molar-refractivity contribution in [3.8, 4) is 0 Å². The molecule has 0 radical (unpaired) electrons. The SMILES string of the molecule is O=C(SCCC(F)(F)C(F)(F)C(F)C(F)(F)C(F)(F)F)c1ccccc1. The second-order valence-corrected chi connectivity index (χ2v) is 6.13. The zero-order valence-corrected chi connectivity index (χ0v) is 13.3. The minimum absolute atomic E-state index is 0.0274. The lowest BCUT2D eigenvalue weighted by Crippen LogP contribution is -2.59. The average Bonchev–Trinajstić information content (AvgIpc) is 2.53. The van der Waals surface area contributed by atoms with Crippen molar-refractivity contribution in [3.05, 3.63) is 35.9 Å². The molecule has 1 atom stereocenters. The van der Waals surface area contributed by atoms with Gasteiger partial charge in [-0.3, -0.25) is 4.79 Å². The Morgan fingerprint density at radius 3 is 1.85 bits per heavy atom. The van der Waals surface area contributed by atoms with Gasteiger partial charge in [0.2, 0.25) is 11.3 Å². The second kappa shape index (κ2) is 7.65. The molecule has 0 aromatic heterocycles. The van der Waals surface area contributed by atoms with E-state index in [-0.39, 0.29) is 17.3 Å². The van der Waals surface area contributed by atoms with Crippen LogP contribution in [-0.2, 0) is 0 Å². The molecule has 0 aliphatic rings. The van der Waals surface area contributed by atoms with Crippen LogP contribution in [0.3, 0.4) is 0 Å². The van der Waals surface area contributed by atoms with Crippen molar-refractivity contribution >= 4 is 16.9 Å². The van der Waals surface area contributed by atoms with E-state index in [1.165, 1.54) is 30.3 Å². The van der Waals surface area contributed by atoms with Crippen LogP contribution in [0.4, 0.5) is 43.9 Å². The molecule has 0 saturated carbocycles. The number of halogens is 10. The van der Waals surface area contributed by atoms with Gasteiger partial charge >= 0.3 is 23.9 Å². The van der Waals surface area contributed by atoms with Gasteiger partial charge in [0.1, 0.15) is 0 Å². The largest absolute Gasteiger partial charge is 0.456 e. The summed E-state index contributed by atoms with van der Waals surface area (Å²) in [5, 5.41) is -0.817. The first kappa shape index (κ1) is 22.6. The molecule has 1 aromatic rings. The molecule has 12 heteroatoms. The maximum Gasteiger partial charge on any atom is 0.456 e. The topological polar surface area (TPSA) is 17.1 Å². The summed E-state index contributed by atoms with van der Waals surface area (Å²) < 4.78 is 127. The zero-order valence-electron chi connectivity index (χ0n) is 12.5. The van der Waals surface area contributed by atoms with Gasteiger partial charge in [0, 0.05) is 17.7 Å².